The van der Waals surface area contributed by atoms with Crippen molar-refractivity contribution in [3.05, 3.63) is 16.5 Å². The van der Waals surface area contributed by atoms with Gasteiger partial charge in [0.1, 0.15) is 0 Å². The van der Waals surface area contributed by atoms with Gasteiger partial charge in [-0.05, 0) is 46.2 Å². The first-order chi connectivity index (χ1) is 8.56. The number of likely N-dealkylation sites (tertiary alicyclic amines) is 1. The Labute approximate surface area is 114 Å². The topological polar surface area (TPSA) is 41.1 Å². The molecule has 1 fully saturated rings. The zero-order valence-corrected chi connectivity index (χ0v) is 12.1. The lowest BCUT2D eigenvalue weighted by molar-refractivity contribution is 0.217. The van der Waals surface area contributed by atoms with Gasteiger partial charge in [0.15, 0.2) is 11.0 Å². The van der Waals surface area contributed by atoms with E-state index in [9.17, 15) is 0 Å². The van der Waals surface area contributed by atoms with Crippen LogP contribution >= 0.6 is 11.6 Å². The van der Waals surface area contributed by atoms with E-state index in [1.54, 1.807) is 0 Å². The van der Waals surface area contributed by atoms with Crippen LogP contribution in [-0.4, -0.2) is 41.5 Å². The van der Waals surface area contributed by atoms with E-state index in [-0.39, 0.29) is 0 Å². The Hall–Kier alpha value is -0.870. The maximum Gasteiger partial charge on any atom is 0.171 e. The molecule has 1 unspecified atom stereocenters. The van der Waals surface area contributed by atoms with Gasteiger partial charge in [0.2, 0.25) is 0 Å². The van der Waals surface area contributed by atoms with Crippen molar-refractivity contribution in [2.24, 2.45) is 5.92 Å². The highest BCUT2D eigenvalue weighted by atomic mass is 35.5. The molecule has 0 amide bonds. The minimum Gasteiger partial charge on any atom is -0.367 e. The number of halogens is 1. The Morgan fingerprint density at radius 2 is 2.06 bits per heavy atom. The van der Waals surface area contributed by atoms with Gasteiger partial charge >= 0.3 is 0 Å². The van der Waals surface area contributed by atoms with E-state index < -0.39 is 0 Å². The van der Waals surface area contributed by atoms with E-state index in [4.69, 9.17) is 11.6 Å². The van der Waals surface area contributed by atoms with Crippen molar-refractivity contribution in [2.75, 3.05) is 32.0 Å². The summed E-state index contributed by atoms with van der Waals surface area (Å²) in [5.41, 5.74) is 1.82. The average molecular weight is 269 g/mol. The van der Waals surface area contributed by atoms with Gasteiger partial charge in [0, 0.05) is 13.1 Å². The maximum atomic E-state index is 6.10. The summed E-state index contributed by atoms with van der Waals surface area (Å²) in [6.07, 6.45) is 2.54. The van der Waals surface area contributed by atoms with Crippen LogP contribution in [0, 0.1) is 19.8 Å². The molecule has 1 aromatic rings. The summed E-state index contributed by atoms with van der Waals surface area (Å²) in [5.74, 6) is 1.39. The second-order valence-electron chi connectivity index (χ2n) is 5.19. The number of nitrogens with zero attached hydrogens (tertiary/aromatic N) is 3. The number of nitrogens with one attached hydrogen (secondary N) is 1. The highest BCUT2D eigenvalue weighted by Gasteiger charge is 2.17. The Balaban J connectivity index is 1.95. The largest absolute Gasteiger partial charge is 0.367 e. The Morgan fingerprint density at radius 1 is 1.33 bits per heavy atom. The van der Waals surface area contributed by atoms with Gasteiger partial charge in [-0.3, -0.25) is 0 Å². The smallest absolute Gasteiger partial charge is 0.171 e. The van der Waals surface area contributed by atoms with E-state index in [1.807, 2.05) is 13.8 Å². The second kappa shape index (κ2) is 5.85. The third-order valence-electron chi connectivity index (χ3n) is 3.54. The molecule has 5 heteroatoms. The molecule has 18 heavy (non-hydrogen) atoms. The molecule has 0 aliphatic carbocycles. The molecule has 2 heterocycles. The number of hydrogen-bond acceptors (Lipinski definition) is 4. The van der Waals surface area contributed by atoms with E-state index in [0.717, 1.165) is 24.5 Å². The van der Waals surface area contributed by atoms with Crippen molar-refractivity contribution in [3.8, 4) is 0 Å². The molecule has 1 aliphatic heterocycles. The van der Waals surface area contributed by atoms with E-state index in [2.05, 4.69) is 27.2 Å². The third-order valence-corrected chi connectivity index (χ3v) is 3.81. The predicted octanol–water partition coefficient (Wildman–Crippen LogP) is 2.50. The van der Waals surface area contributed by atoms with Crippen LogP contribution in [0.2, 0.25) is 5.15 Å². The quantitative estimate of drug-likeness (QED) is 0.915. The van der Waals surface area contributed by atoms with Gasteiger partial charge in [-0.25, -0.2) is 9.97 Å². The van der Waals surface area contributed by atoms with Crippen LogP contribution in [-0.2, 0) is 0 Å². The molecule has 1 aliphatic rings. The summed E-state index contributed by atoms with van der Waals surface area (Å²) >= 11 is 6.10. The third kappa shape index (κ3) is 3.33. The number of rotatable bonds is 3. The molecule has 1 atom stereocenters. The zero-order chi connectivity index (χ0) is 13.1. The standard InChI is InChI=1S/C13H21ClN4/c1-9-10(2)17-13(12(14)16-9)15-7-11-5-4-6-18(3)8-11/h11H,4-8H2,1-3H3,(H,15,17). The van der Waals surface area contributed by atoms with Crippen LogP contribution < -0.4 is 5.32 Å². The summed E-state index contributed by atoms with van der Waals surface area (Å²) in [7, 11) is 2.18. The molecule has 0 bridgehead atoms. The van der Waals surface area contributed by atoms with Crippen molar-refractivity contribution >= 4 is 17.4 Å². The monoisotopic (exact) mass is 268 g/mol. The molecule has 0 radical (unpaired) electrons. The molecule has 0 aromatic carbocycles. The molecule has 2 rings (SSSR count). The van der Waals surface area contributed by atoms with Crippen molar-refractivity contribution in [3.63, 3.8) is 0 Å². The van der Waals surface area contributed by atoms with Crippen molar-refractivity contribution < 1.29 is 0 Å². The van der Waals surface area contributed by atoms with Crippen molar-refractivity contribution in [1.82, 2.24) is 14.9 Å². The first kappa shape index (κ1) is 13.6. The number of aromatic nitrogens is 2. The van der Waals surface area contributed by atoms with Crippen LogP contribution in [0.3, 0.4) is 0 Å². The van der Waals surface area contributed by atoms with E-state index in [0.29, 0.717) is 16.9 Å². The number of aryl methyl sites for hydroxylation is 2. The molecule has 0 spiro atoms. The van der Waals surface area contributed by atoms with Gasteiger partial charge in [-0.1, -0.05) is 11.6 Å². The Bertz CT molecular complexity index is 422. The highest BCUT2D eigenvalue weighted by Crippen LogP contribution is 2.20. The lowest BCUT2D eigenvalue weighted by Gasteiger charge is -2.29. The van der Waals surface area contributed by atoms with Gasteiger partial charge in [-0.15, -0.1) is 0 Å². The van der Waals surface area contributed by atoms with Crippen LogP contribution in [0.15, 0.2) is 0 Å². The summed E-state index contributed by atoms with van der Waals surface area (Å²) in [4.78, 5) is 11.1. The predicted molar refractivity (Wildman–Crippen MR) is 75.2 cm³/mol. The van der Waals surface area contributed by atoms with E-state index in [1.165, 1.54) is 19.4 Å². The SMILES string of the molecule is Cc1nc(Cl)c(NCC2CCCN(C)C2)nc1C. The minimum atomic E-state index is 0.474. The Morgan fingerprint density at radius 3 is 2.78 bits per heavy atom. The molecular weight excluding hydrogens is 248 g/mol. The molecule has 1 N–H and O–H groups in total. The van der Waals surface area contributed by atoms with E-state index >= 15 is 0 Å². The first-order valence-electron chi connectivity index (χ1n) is 6.49. The van der Waals surface area contributed by atoms with Crippen molar-refractivity contribution in [1.29, 1.82) is 0 Å². The normalized spacial score (nSPS) is 21.0. The highest BCUT2D eigenvalue weighted by molar-refractivity contribution is 6.31. The second-order valence-corrected chi connectivity index (χ2v) is 5.54. The fourth-order valence-corrected chi connectivity index (χ4v) is 2.60. The lowest BCUT2D eigenvalue weighted by Crippen LogP contribution is -2.35. The van der Waals surface area contributed by atoms with Crippen LogP contribution in [0.4, 0.5) is 5.82 Å². The van der Waals surface area contributed by atoms with Crippen LogP contribution in [0.25, 0.3) is 0 Å². The number of hydrogen-bond donors (Lipinski definition) is 1. The fourth-order valence-electron chi connectivity index (χ4n) is 2.37. The zero-order valence-electron chi connectivity index (χ0n) is 11.3. The first-order valence-corrected chi connectivity index (χ1v) is 6.87. The molecule has 1 saturated heterocycles. The number of anilines is 1. The molecule has 1 aromatic heterocycles. The van der Waals surface area contributed by atoms with Gasteiger partial charge in [0.05, 0.1) is 11.4 Å². The molecule has 0 saturated carbocycles. The van der Waals surface area contributed by atoms with Gasteiger partial charge in [-0.2, -0.15) is 0 Å². The molecule has 100 valence electrons. The summed E-state index contributed by atoms with van der Waals surface area (Å²) in [5, 5.41) is 3.81. The summed E-state index contributed by atoms with van der Waals surface area (Å²) < 4.78 is 0. The number of piperidine rings is 1. The fraction of sp³-hybridized carbons (Fsp3) is 0.692. The summed E-state index contributed by atoms with van der Waals surface area (Å²) in [6, 6.07) is 0. The molecule has 4 nitrogen and oxygen atoms in total. The Kier molecular flexibility index (Phi) is 4.40. The maximum absolute atomic E-state index is 6.10. The van der Waals surface area contributed by atoms with Crippen molar-refractivity contribution in [2.45, 2.75) is 26.7 Å². The van der Waals surface area contributed by atoms with Crippen LogP contribution in [0.5, 0.6) is 0 Å². The molecular formula is C13H21ClN4. The average Bonchev–Trinajstić information content (AvgIpc) is 2.32. The van der Waals surface area contributed by atoms with Crippen LogP contribution in [0.1, 0.15) is 24.2 Å². The lowest BCUT2D eigenvalue weighted by atomic mass is 9.98. The van der Waals surface area contributed by atoms with Gasteiger partial charge in [0.25, 0.3) is 0 Å². The van der Waals surface area contributed by atoms with Gasteiger partial charge < -0.3 is 10.2 Å². The summed E-state index contributed by atoms with van der Waals surface area (Å²) in [6.45, 7) is 7.15. The minimum absolute atomic E-state index is 0.474.